The highest BCUT2D eigenvalue weighted by molar-refractivity contribution is 5.71. The van der Waals surface area contributed by atoms with Gasteiger partial charge in [0.15, 0.2) is 6.10 Å². The normalized spacial score (nSPS) is 11.9. The highest BCUT2D eigenvalue weighted by Crippen LogP contribution is 2.16. The van der Waals surface area contributed by atoms with Gasteiger partial charge in [-0.1, -0.05) is 201 Å². The van der Waals surface area contributed by atoms with Crippen molar-refractivity contribution in [2.75, 3.05) is 13.2 Å². The number of carbonyl (C=O) groups excluding carboxylic acids is 3. The smallest absolute Gasteiger partial charge is 0.306 e. The highest BCUT2D eigenvalue weighted by Gasteiger charge is 2.19. The number of hydrogen-bond donors (Lipinski definition) is 0. The van der Waals surface area contributed by atoms with E-state index in [-0.39, 0.29) is 31.1 Å². The molecule has 0 aliphatic rings. The minimum atomic E-state index is -0.758. The summed E-state index contributed by atoms with van der Waals surface area (Å²) in [5.41, 5.74) is 0. The lowest BCUT2D eigenvalue weighted by Crippen LogP contribution is -2.30. The molecule has 0 spiro atoms. The Kier molecular flexibility index (Phi) is 37.4. The molecular formula is C44H84O6. The summed E-state index contributed by atoms with van der Waals surface area (Å²) in [6.45, 7) is 8.93. The van der Waals surface area contributed by atoms with Crippen molar-refractivity contribution in [1.29, 1.82) is 0 Å². The quantitative estimate of drug-likeness (QED) is 0.0359. The Balaban J connectivity index is 4.34. The van der Waals surface area contributed by atoms with Crippen LogP contribution in [0.3, 0.4) is 0 Å². The van der Waals surface area contributed by atoms with E-state index in [1.165, 1.54) is 135 Å². The van der Waals surface area contributed by atoms with E-state index in [0.717, 1.165) is 63.7 Å². The molecule has 0 unspecified atom stereocenters. The van der Waals surface area contributed by atoms with Crippen molar-refractivity contribution in [3.05, 3.63) is 0 Å². The van der Waals surface area contributed by atoms with E-state index in [1.54, 1.807) is 0 Å². The summed E-state index contributed by atoms with van der Waals surface area (Å²) < 4.78 is 16.7. The molecule has 0 aromatic carbocycles. The molecule has 0 bridgehead atoms. The lowest BCUT2D eigenvalue weighted by atomic mass is 10.0. The maximum atomic E-state index is 12.7. The first-order valence-electron chi connectivity index (χ1n) is 21.9. The first kappa shape index (κ1) is 48.4. The van der Waals surface area contributed by atoms with Gasteiger partial charge in [0.25, 0.3) is 0 Å². The molecule has 0 saturated heterocycles. The van der Waals surface area contributed by atoms with Crippen LogP contribution in [0.4, 0.5) is 0 Å². The Bertz CT molecular complexity index is 751. The SMILES string of the molecule is CCCCCCCCCCCCCC(=O)OC[C@H](COC(=O)CCCCCCCCCCCC)OC(=O)CCCCCCCCCCC(C)C. The minimum absolute atomic E-state index is 0.0645. The molecule has 0 amide bonds. The first-order chi connectivity index (χ1) is 24.4. The van der Waals surface area contributed by atoms with Gasteiger partial charge >= 0.3 is 17.9 Å². The van der Waals surface area contributed by atoms with Crippen LogP contribution in [0.15, 0.2) is 0 Å². The van der Waals surface area contributed by atoms with Gasteiger partial charge in [0.1, 0.15) is 13.2 Å². The van der Waals surface area contributed by atoms with Crippen molar-refractivity contribution in [2.45, 2.75) is 246 Å². The fraction of sp³-hybridized carbons (Fsp3) is 0.932. The van der Waals surface area contributed by atoms with Crippen molar-refractivity contribution in [2.24, 2.45) is 5.92 Å². The molecule has 0 aromatic heterocycles. The highest BCUT2D eigenvalue weighted by atomic mass is 16.6. The van der Waals surface area contributed by atoms with E-state index in [4.69, 9.17) is 14.2 Å². The van der Waals surface area contributed by atoms with Crippen molar-refractivity contribution in [1.82, 2.24) is 0 Å². The van der Waals surface area contributed by atoms with E-state index in [0.29, 0.717) is 19.3 Å². The molecule has 0 aliphatic heterocycles. The molecule has 50 heavy (non-hydrogen) atoms. The monoisotopic (exact) mass is 709 g/mol. The fourth-order valence-electron chi connectivity index (χ4n) is 6.45. The Morgan fingerprint density at radius 1 is 0.380 bits per heavy atom. The summed E-state index contributed by atoms with van der Waals surface area (Å²) in [7, 11) is 0. The molecule has 296 valence electrons. The fourth-order valence-corrected chi connectivity index (χ4v) is 6.45. The topological polar surface area (TPSA) is 78.9 Å². The second-order valence-electron chi connectivity index (χ2n) is 15.5. The predicted octanol–water partition coefficient (Wildman–Crippen LogP) is 13.6. The molecular weight excluding hydrogens is 624 g/mol. The van der Waals surface area contributed by atoms with Crippen LogP contribution in [0.2, 0.25) is 0 Å². The van der Waals surface area contributed by atoms with Crippen molar-refractivity contribution in [3.63, 3.8) is 0 Å². The second kappa shape index (κ2) is 38.6. The average Bonchev–Trinajstić information content (AvgIpc) is 3.09. The number of esters is 3. The van der Waals surface area contributed by atoms with Gasteiger partial charge < -0.3 is 14.2 Å². The molecule has 6 heteroatoms. The van der Waals surface area contributed by atoms with E-state index >= 15 is 0 Å². The average molecular weight is 709 g/mol. The van der Waals surface area contributed by atoms with Gasteiger partial charge in [0.05, 0.1) is 0 Å². The number of hydrogen-bond acceptors (Lipinski definition) is 6. The van der Waals surface area contributed by atoms with Gasteiger partial charge in [0.2, 0.25) is 0 Å². The molecule has 0 N–H and O–H groups in total. The molecule has 0 heterocycles. The molecule has 6 nitrogen and oxygen atoms in total. The van der Waals surface area contributed by atoms with Gasteiger partial charge in [0, 0.05) is 19.3 Å². The maximum absolute atomic E-state index is 12.7. The van der Waals surface area contributed by atoms with E-state index in [1.807, 2.05) is 0 Å². The van der Waals surface area contributed by atoms with Crippen molar-refractivity contribution in [3.8, 4) is 0 Å². The summed E-state index contributed by atoms with van der Waals surface area (Å²) in [6, 6.07) is 0. The van der Waals surface area contributed by atoms with E-state index in [9.17, 15) is 14.4 Å². The Hall–Kier alpha value is -1.59. The van der Waals surface area contributed by atoms with Crippen LogP contribution in [-0.2, 0) is 28.6 Å². The molecule has 1 atom stereocenters. The Labute approximate surface area is 310 Å². The standard InChI is InChI=1S/C44H84O6/c1-5-7-9-11-13-15-17-19-24-28-32-36-43(46)49-39-41(38-48-42(45)35-31-27-23-18-16-14-12-10-8-6-2)50-44(47)37-33-29-25-21-20-22-26-30-34-40(3)4/h40-41H,5-39H2,1-4H3/t41-/m0/s1. The lowest BCUT2D eigenvalue weighted by molar-refractivity contribution is -0.167. The zero-order chi connectivity index (χ0) is 36.8. The predicted molar refractivity (Wildman–Crippen MR) is 210 cm³/mol. The molecule has 0 aromatic rings. The molecule has 0 rings (SSSR count). The number of carbonyl (C=O) groups is 3. The van der Waals surface area contributed by atoms with Crippen molar-refractivity contribution >= 4 is 17.9 Å². The number of rotatable bonds is 39. The van der Waals surface area contributed by atoms with Crippen LogP contribution in [0.25, 0.3) is 0 Å². The van der Waals surface area contributed by atoms with Crippen LogP contribution in [0, 0.1) is 5.92 Å². The number of unbranched alkanes of at least 4 members (excludes halogenated alkanes) is 26. The molecule has 0 radical (unpaired) electrons. The van der Waals surface area contributed by atoms with E-state index in [2.05, 4.69) is 27.7 Å². The van der Waals surface area contributed by atoms with Gasteiger partial charge in [-0.25, -0.2) is 0 Å². The lowest BCUT2D eigenvalue weighted by Gasteiger charge is -2.18. The van der Waals surface area contributed by atoms with Crippen LogP contribution in [0.1, 0.15) is 240 Å². The van der Waals surface area contributed by atoms with Crippen LogP contribution in [0.5, 0.6) is 0 Å². The van der Waals surface area contributed by atoms with Gasteiger partial charge in [-0.15, -0.1) is 0 Å². The summed E-state index contributed by atoms with van der Waals surface area (Å²) in [6.07, 6.45) is 36.6. The molecule has 0 aliphatic carbocycles. The van der Waals surface area contributed by atoms with Crippen molar-refractivity contribution < 1.29 is 28.6 Å². The second-order valence-corrected chi connectivity index (χ2v) is 15.5. The third kappa shape index (κ3) is 37.7. The molecule has 0 saturated carbocycles. The summed E-state index contributed by atoms with van der Waals surface area (Å²) in [4.78, 5) is 37.6. The Morgan fingerprint density at radius 3 is 0.980 bits per heavy atom. The first-order valence-corrected chi connectivity index (χ1v) is 21.9. The van der Waals surface area contributed by atoms with Gasteiger partial charge in [-0.05, 0) is 25.2 Å². The largest absolute Gasteiger partial charge is 0.462 e. The maximum Gasteiger partial charge on any atom is 0.306 e. The summed E-state index contributed by atoms with van der Waals surface area (Å²) >= 11 is 0. The van der Waals surface area contributed by atoms with Crippen LogP contribution >= 0.6 is 0 Å². The minimum Gasteiger partial charge on any atom is -0.462 e. The molecule has 0 fully saturated rings. The zero-order valence-corrected chi connectivity index (χ0v) is 33.9. The summed E-state index contributed by atoms with van der Waals surface area (Å²) in [5, 5.41) is 0. The van der Waals surface area contributed by atoms with Gasteiger partial charge in [-0.3, -0.25) is 14.4 Å². The van der Waals surface area contributed by atoms with Crippen LogP contribution < -0.4 is 0 Å². The third-order valence-corrected chi connectivity index (χ3v) is 9.79. The zero-order valence-electron chi connectivity index (χ0n) is 33.9. The number of ether oxygens (including phenoxy) is 3. The Morgan fingerprint density at radius 2 is 0.660 bits per heavy atom. The summed E-state index contributed by atoms with van der Waals surface area (Å²) in [5.74, 6) is -0.0668. The third-order valence-electron chi connectivity index (χ3n) is 9.79. The van der Waals surface area contributed by atoms with E-state index < -0.39 is 6.10 Å². The van der Waals surface area contributed by atoms with Crippen LogP contribution in [-0.4, -0.2) is 37.2 Å². The van der Waals surface area contributed by atoms with Gasteiger partial charge in [-0.2, -0.15) is 0 Å².